The predicted molar refractivity (Wildman–Crippen MR) is 124 cm³/mol. The van der Waals surface area contributed by atoms with Crippen LogP contribution in [0.4, 0.5) is 0 Å². The fourth-order valence-electron chi connectivity index (χ4n) is 2.59. The van der Waals surface area contributed by atoms with Crippen molar-refractivity contribution in [3.8, 4) is 11.5 Å². The molecule has 10 nitrogen and oxygen atoms in total. The second kappa shape index (κ2) is 14.7. The molecule has 12 heteroatoms. The largest absolute Gasteiger partial charge is 0.507 e. The second-order valence-corrected chi connectivity index (χ2v) is 6.16. The average Bonchev–Trinajstić information content (AvgIpc) is 2.71. The number of benzene rings is 1. The van der Waals surface area contributed by atoms with Gasteiger partial charge in [-0.3, -0.25) is 19.6 Å². The van der Waals surface area contributed by atoms with Gasteiger partial charge in [0, 0.05) is 18.5 Å². The monoisotopic (exact) mass is 487 g/mol. The van der Waals surface area contributed by atoms with Gasteiger partial charge in [-0.05, 0) is 30.7 Å². The van der Waals surface area contributed by atoms with Gasteiger partial charge in [-0.25, -0.2) is 0 Å². The maximum atomic E-state index is 12.7. The summed E-state index contributed by atoms with van der Waals surface area (Å²) in [6.07, 6.45) is 3.07. The highest BCUT2D eigenvalue weighted by Crippen LogP contribution is 2.25. The van der Waals surface area contributed by atoms with E-state index in [0.29, 0.717) is 11.3 Å². The van der Waals surface area contributed by atoms with E-state index in [9.17, 15) is 14.7 Å². The van der Waals surface area contributed by atoms with Crippen molar-refractivity contribution in [2.24, 2.45) is 16.5 Å². The fourth-order valence-corrected chi connectivity index (χ4v) is 2.59. The Labute approximate surface area is 198 Å². The first-order valence-corrected chi connectivity index (χ1v) is 9.28. The molecule has 2 rings (SSSR count). The number of aromatic nitrogens is 1. The van der Waals surface area contributed by atoms with E-state index >= 15 is 0 Å². The van der Waals surface area contributed by atoms with Crippen molar-refractivity contribution < 1.29 is 24.2 Å². The fraction of sp³-hybridized carbons (Fsp3) is 0.300. The summed E-state index contributed by atoms with van der Waals surface area (Å²) in [5.74, 6) is -0.976. The van der Waals surface area contributed by atoms with Crippen LogP contribution in [-0.4, -0.2) is 47.7 Å². The minimum Gasteiger partial charge on any atom is -0.507 e. The molecule has 176 valence electrons. The number of aromatic hydroxyl groups is 1. The third-order valence-electron chi connectivity index (χ3n) is 3.94. The number of carbonyl (C=O) groups excluding carboxylic acids is 2. The number of nitrogens with two attached hydrogens (primary N) is 2. The van der Waals surface area contributed by atoms with Crippen LogP contribution < -0.4 is 21.5 Å². The molecule has 1 aromatic heterocycles. The van der Waals surface area contributed by atoms with Gasteiger partial charge in [-0.1, -0.05) is 6.07 Å². The Bertz CT molecular complexity index is 895. The second-order valence-electron chi connectivity index (χ2n) is 6.16. The number of amides is 1. The van der Waals surface area contributed by atoms with E-state index < -0.39 is 17.9 Å². The van der Waals surface area contributed by atoms with Crippen LogP contribution >= 0.6 is 24.8 Å². The van der Waals surface area contributed by atoms with Crippen LogP contribution in [0.25, 0.3) is 0 Å². The Morgan fingerprint density at radius 3 is 2.59 bits per heavy atom. The van der Waals surface area contributed by atoms with E-state index in [1.165, 1.54) is 18.2 Å². The summed E-state index contributed by atoms with van der Waals surface area (Å²) in [4.78, 5) is 32.4. The number of hydrogen-bond acceptors (Lipinski definition) is 7. The Morgan fingerprint density at radius 2 is 2.00 bits per heavy atom. The third-order valence-corrected chi connectivity index (χ3v) is 3.94. The summed E-state index contributed by atoms with van der Waals surface area (Å²) >= 11 is 0. The number of halogens is 2. The average molecular weight is 488 g/mol. The van der Waals surface area contributed by atoms with Crippen LogP contribution in [0.15, 0.2) is 47.7 Å². The molecule has 0 bridgehead atoms. The molecular formula is C20H27Cl2N5O5. The molecule has 1 heterocycles. The molecule has 1 atom stereocenters. The zero-order valence-electron chi connectivity index (χ0n) is 17.4. The van der Waals surface area contributed by atoms with Gasteiger partial charge in [0.1, 0.15) is 18.1 Å². The Kier molecular flexibility index (Phi) is 13.2. The number of aliphatic imine (C=N–C) groups is 1. The van der Waals surface area contributed by atoms with E-state index in [1.807, 2.05) is 0 Å². The van der Waals surface area contributed by atoms with Crippen molar-refractivity contribution in [2.75, 3.05) is 19.8 Å². The molecule has 0 fully saturated rings. The van der Waals surface area contributed by atoms with Crippen molar-refractivity contribution in [2.45, 2.75) is 19.4 Å². The molecule has 0 aliphatic carbocycles. The number of ether oxygens (including phenoxy) is 2. The molecule has 2 aromatic rings. The van der Waals surface area contributed by atoms with Crippen LogP contribution in [-0.2, 0) is 9.53 Å². The van der Waals surface area contributed by atoms with Crippen LogP contribution in [0.5, 0.6) is 11.5 Å². The lowest BCUT2D eigenvalue weighted by atomic mass is 10.0. The first-order chi connectivity index (χ1) is 14.4. The summed E-state index contributed by atoms with van der Waals surface area (Å²) < 4.78 is 10.4. The van der Waals surface area contributed by atoms with Crippen molar-refractivity contribution in [3.63, 3.8) is 0 Å². The summed E-state index contributed by atoms with van der Waals surface area (Å²) in [5.41, 5.74) is 11.1. The first-order valence-electron chi connectivity index (χ1n) is 9.28. The summed E-state index contributed by atoms with van der Waals surface area (Å²) in [5, 5.41) is 13.0. The van der Waals surface area contributed by atoms with Crippen molar-refractivity contribution in [1.29, 1.82) is 0 Å². The lowest BCUT2D eigenvalue weighted by molar-refractivity contribution is -0.143. The minimum atomic E-state index is -0.667. The number of nitrogens with zero attached hydrogens (tertiary/aromatic N) is 2. The van der Waals surface area contributed by atoms with Gasteiger partial charge in [-0.15, -0.1) is 24.8 Å². The molecule has 0 spiro atoms. The zero-order valence-corrected chi connectivity index (χ0v) is 19.0. The Morgan fingerprint density at radius 1 is 1.25 bits per heavy atom. The van der Waals surface area contributed by atoms with E-state index in [1.54, 1.807) is 31.5 Å². The molecule has 6 N–H and O–H groups in total. The van der Waals surface area contributed by atoms with Gasteiger partial charge in [0.15, 0.2) is 5.96 Å². The Hall–Kier alpha value is -3.24. The number of esters is 1. The van der Waals surface area contributed by atoms with Crippen molar-refractivity contribution in [3.05, 3.63) is 53.9 Å². The number of carbonyl (C=O) groups is 2. The molecule has 0 aliphatic rings. The number of rotatable bonds is 10. The topological polar surface area (TPSA) is 162 Å². The van der Waals surface area contributed by atoms with Gasteiger partial charge in [0.05, 0.1) is 31.2 Å². The standard InChI is InChI=1S/C20H25N5O5.2ClH/c1-2-29-18(27)11-16(13-4-3-7-23-12-13)25-19(28)15-6-5-14(10-17(15)26)30-9-8-24-20(21)22;;/h3-7,10,12,16,26H,2,8-9,11H2,1H3,(H,25,28)(H4,21,22,24);2*1H. The number of hydrogen-bond donors (Lipinski definition) is 4. The number of phenolic OH excluding ortho intramolecular Hbond substituents is 1. The summed E-state index contributed by atoms with van der Waals surface area (Å²) in [6, 6.07) is 7.05. The Balaban J connectivity index is 0.00000480. The van der Waals surface area contributed by atoms with Crippen LogP contribution in [0, 0.1) is 0 Å². The number of nitrogens with one attached hydrogen (secondary N) is 1. The van der Waals surface area contributed by atoms with Gasteiger partial charge in [-0.2, -0.15) is 0 Å². The highest BCUT2D eigenvalue weighted by atomic mass is 35.5. The van der Waals surface area contributed by atoms with Gasteiger partial charge < -0.3 is 31.4 Å². The van der Waals surface area contributed by atoms with Gasteiger partial charge in [0.2, 0.25) is 0 Å². The molecule has 0 saturated heterocycles. The molecule has 0 saturated carbocycles. The molecule has 32 heavy (non-hydrogen) atoms. The quantitative estimate of drug-likeness (QED) is 0.170. The van der Waals surface area contributed by atoms with Crippen LogP contribution in [0.3, 0.4) is 0 Å². The number of guanidine groups is 1. The first kappa shape index (κ1) is 28.8. The van der Waals surface area contributed by atoms with Crippen molar-refractivity contribution >= 4 is 42.7 Å². The lowest BCUT2D eigenvalue weighted by Crippen LogP contribution is -2.30. The van der Waals surface area contributed by atoms with Crippen LogP contribution in [0.2, 0.25) is 0 Å². The molecule has 1 aromatic carbocycles. The number of pyridine rings is 1. The third kappa shape index (κ3) is 9.27. The summed E-state index contributed by atoms with van der Waals surface area (Å²) in [7, 11) is 0. The van der Waals surface area contributed by atoms with E-state index in [-0.39, 0.29) is 68.3 Å². The molecule has 0 aliphatic heterocycles. The van der Waals surface area contributed by atoms with E-state index in [2.05, 4.69) is 15.3 Å². The highest BCUT2D eigenvalue weighted by Gasteiger charge is 2.22. The van der Waals surface area contributed by atoms with Gasteiger partial charge >= 0.3 is 5.97 Å². The molecule has 1 unspecified atom stereocenters. The minimum absolute atomic E-state index is 0. The lowest BCUT2D eigenvalue weighted by Gasteiger charge is -2.18. The molecule has 1 amide bonds. The van der Waals surface area contributed by atoms with Crippen LogP contribution in [0.1, 0.15) is 35.3 Å². The van der Waals surface area contributed by atoms with Crippen molar-refractivity contribution in [1.82, 2.24) is 10.3 Å². The van der Waals surface area contributed by atoms with E-state index in [4.69, 9.17) is 20.9 Å². The van der Waals surface area contributed by atoms with E-state index in [0.717, 1.165) is 0 Å². The maximum Gasteiger partial charge on any atom is 0.308 e. The smallest absolute Gasteiger partial charge is 0.308 e. The molecule has 0 radical (unpaired) electrons. The SMILES string of the molecule is CCOC(=O)CC(NC(=O)c1ccc(OCCN=C(N)N)cc1O)c1cccnc1.Cl.Cl. The number of phenols is 1. The van der Waals surface area contributed by atoms with Gasteiger partial charge in [0.25, 0.3) is 5.91 Å². The predicted octanol–water partition coefficient (Wildman–Crippen LogP) is 1.71. The zero-order chi connectivity index (χ0) is 21.9. The molecular weight excluding hydrogens is 461 g/mol. The highest BCUT2D eigenvalue weighted by molar-refractivity contribution is 5.97. The summed E-state index contributed by atoms with van der Waals surface area (Å²) in [6.45, 7) is 2.39. The normalized spacial score (nSPS) is 10.5. The maximum absolute atomic E-state index is 12.7.